The summed E-state index contributed by atoms with van der Waals surface area (Å²) in [7, 11) is 0. The predicted molar refractivity (Wildman–Crippen MR) is 115 cm³/mol. The van der Waals surface area contributed by atoms with E-state index in [1.54, 1.807) is 29.8 Å². The van der Waals surface area contributed by atoms with Crippen LogP contribution in [0.4, 0.5) is 0 Å². The van der Waals surface area contributed by atoms with Crippen LogP contribution in [0.2, 0.25) is 0 Å². The lowest BCUT2D eigenvalue weighted by Gasteiger charge is -2.10. The van der Waals surface area contributed by atoms with Crippen LogP contribution in [-0.2, 0) is 6.42 Å². The Morgan fingerprint density at radius 3 is 2.43 bits per heavy atom. The van der Waals surface area contributed by atoms with E-state index in [-0.39, 0.29) is 5.78 Å². The Hall–Kier alpha value is -3.11. The van der Waals surface area contributed by atoms with Crippen LogP contribution in [0.1, 0.15) is 27.0 Å². The number of carbonyl (C=O) groups is 1. The molecule has 4 aromatic rings. The standard InChI is InChI=1S/C24H20N2OS/c1-16-3-6-20(24-26-11-12-28-24)14-22(16)19-7-4-18(5-8-19)13-23(27)21-9-10-25-15-17(21)2/h3-12,14-15H,13H2,1-2H3. The van der Waals surface area contributed by atoms with E-state index in [1.807, 2.05) is 30.6 Å². The number of thiazole rings is 1. The second kappa shape index (κ2) is 7.87. The molecule has 0 aliphatic rings. The van der Waals surface area contributed by atoms with Crippen molar-refractivity contribution in [3.63, 3.8) is 0 Å². The summed E-state index contributed by atoms with van der Waals surface area (Å²) in [4.78, 5) is 21.1. The van der Waals surface area contributed by atoms with Gasteiger partial charge in [0.25, 0.3) is 0 Å². The molecule has 0 saturated heterocycles. The van der Waals surface area contributed by atoms with Crippen molar-refractivity contribution in [1.82, 2.24) is 9.97 Å². The summed E-state index contributed by atoms with van der Waals surface area (Å²) in [5.41, 5.74) is 7.35. The number of carbonyl (C=O) groups excluding carboxylic acids is 1. The Kier molecular flexibility index (Phi) is 5.13. The Balaban J connectivity index is 1.58. The van der Waals surface area contributed by atoms with Gasteiger partial charge in [0.05, 0.1) is 0 Å². The van der Waals surface area contributed by atoms with Gasteiger partial charge in [-0.2, -0.15) is 0 Å². The quantitative estimate of drug-likeness (QED) is 0.401. The summed E-state index contributed by atoms with van der Waals surface area (Å²) < 4.78 is 0. The first-order valence-corrected chi connectivity index (χ1v) is 10.0. The molecule has 0 unspecified atom stereocenters. The number of hydrogen-bond donors (Lipinski definition) is 0. The molecule has 0 aliphatic carbocycles. The van der Waals surface area contributed by atoms with Crippen molar-refractivity contribution in [2.24, 2.45) is 0 Å². The molecule has 0 N–H and O–H groups in total. The normalized spacial score (nSPS) is 10.8. The molecule has 2 aromatic heterocycles. The number of aryl methyl sites for hydroxylation is 2. The van der Waals surface area contributed by atoms with Crippen LogP contribution in [0.25, 0.3) is 21.7 Å². The smallest absolute Gasteiger partial charge is 0.167 e. The van der Waals surface area contributed by atoms with Gasteiger partial charge in [-0.3, -0.25) is 9.78 Å². The topological polar surface area (TPSA) is 42.9 Å². The zero-order chi connectivity index (χ0) is 19.5. The second-order valence-corrected chi connectivity index (χ2v) is 7.75. The van der Waals surface area contributed by atoms with Crippen LogP contribution in [0.15, 0.2) is 72.5 Å². The zero-order valence-corrected chi connectivity index (χ0v) is 16.7. The fraction of sp³-hybridized carbons (Fsp3) is 0.125. The van der Waals surface area contributed by atoms with Crippen molar-refractivity contribution < 1.29 is 4.79 Å². The number of rotatable bonds is 5. The molecule has 28 heavy (non-hydrogen) atoms. The molecule has 0 aliphatic heterocycles. The van der Waals surface area contributed by atoms with E-state index in [9.17, 15) is 4.79 Å². The SMILES string of the molecule is Cc1cnccc1C(=O)Cc1ccc(-c2cc(-c3nccs3)ccc2C)cc1. The summed E-state index contributed by atoms with van der Waals surface area (Å²) in [5.74, 6) is 0.120. The first-order valence-electron chi connectivity index (χ1n) is 9.15. The summed E-state index contributed by atoms with van der Waals surface area (Å²) >= 11 is 1.64. The number of pyridine rings is 1. The van der Waals surface area contributed by atoms with Gasteiger partial charge in [0.15, 0.2) is 5.78 Å². The molecule has 4 heteroatoms. The number of ketones is 1. The van der Waals surface area contributed by atoms with Gasteiger partial charge in [0.2, 0.25) is 0 Å². The molecule has 0 radical (unpaired) electrons. The van der Waals surface area contributed by atoms with Crippen molar-refractivity contribution in [3.05, 3.63) is 94.8 Å². The van der Waals surface area contributed by atoms with E-state index in [4.69, 9.17) is 0 Å². The number of nitrogens with zero attached hydrogens (tertiary/aromatic N) is 2. The Bertz CT molecular complexity index is 1120. The van der Waals surface area contributed by atoms with Crippen LogP contribution < -0.4 is 0 Å². The molecule has 0 saturated carbocycles. The summed E-state index contributed by atoms with van der Waals surface area (Å²) in [6.07, 6.45) is 5.62. The molecule has 0 atom stereocenters. The Morgan fingerprint density at radius 2 is 1.71 bits per heavy atom. The number of hydrogen-bond acceptors (Lipinski definition) is 4. The first-order chi connectivity index (χ1) is 13.6. The predicted octanol–water partition coefficient (Wildman–Crippen LogP) is 5.91. The Labute approximate surface area is 168 Å². The third-order valence-corrected chi connectivity index (χ3v) is 5.69. The van der Waals surface area contributed by atoms with Gasteiger partial charge < -0.3 is 0 Å². The van der Waals surface area contributed by atoms with E-state index in [2.05, 4.69) is 47.2 Å². The third kappa shape index (κ3) is 3.78. The summed E-state index contributed by atoms with van der Waals surface area (Å²) in [5, 5.41) is 3.02. The van der Waals surface area contributed by atoms with E-state index < -0.39 is 0 Å². The van der Waals surface area contributed by atoms with Crippen LogP contribution in [0, 0.1) is 13.8 Å². The largest absolute Gasteiger partial charge is 0.294 e. The maximum atomic E-state index is 12.6. The van der Waals surface area contributed by atoms with Crippen LogP contribution in [0.5, 0.6) is 0 Å². The van der Waals surface area contributed by atoms with Gasteiger partial charge in [-0.05, 0) is 53.8 Å². The van der Waals surface area contributed by atoms with Crippen LogP contribution in [-0.4, -0.2) is 15.8 Å². The molecule has 2 heterocycles. The molecule has 0 fully saturated rings. The molecule has 138 valence electrons. The number of benzene rings is 2. The molecule has 2 aromatic carbocycles. The first kappa shape index (κ1) is 18.3. The van der Waals surface area contributed by atoms with E-state index >= 15 is 0 Å². The van der Waals surface area contributed by atoms with Gasteiger partial charge in [-0.15, -0.1) is 11.3 Å². The highest BCUT2D eigenvalue weighted by Gasteiger charge is 2.11. The lowest BCUT2D eigenvalue weighted by Crippen LogP contribution is -2.05. The second-order valence-electron chi connectivity index (χ2n) is 6.85. The highest BCUT2D eigenvalue weighted by atomic mass is 32.1. The minimum atomic E-state index is 0.120. The fourth-order valence-corrected chi connectivity index (χ4v) is 3.94. The Morgan fingerprint density at radius 1 is 0.929 bits per heavy atom. The number of aromatic nitrogens is 2. The molecule has 0 spiro atoms. The van der Waals surface area contributed by atoms with E-state index in [0.29, 0.717) is 6.42 Å². The average Bonchev–Trinajstić information content (AvgIpc) is 3.24. The van der Waals surface area contributed by atoms with Gasteiger partial charge in [-0.25, -0.2) is 4.98 Å². The van der Waals surface area contributed by atoms with Crippen molar-refractivity contribution in [2.45, 2.75) is 20.3 Å². The average molecular weight is 385 g/mol. The van der Waals surface area contributed by atoms with Crippen molar-refractivity contribution in [3.8, 4) is 21.7 Å². The molecule has 0 bridgehead atoms. The minimum Gasteiger partial charge on any atom is -0.294 e. The van der Waals surface area contributed by atoms with Gasteiger partial charge in [-0.1, -0.05) is 36.4 Å². The van der Waals surface area contributed by atoms with Crippen molar-refractivity contribution >= 4 is 17.1 Å². The monoisotopic (exact) mass is 384 g/mol. The highest BCUT2D eigenvalue weighted by Crippen LogP contribution is 2.30. The molecular weight excluding hydrogens is 364 g/mol. The van der Waals surface area contributed by atoms with Gasteiger partial charge in [0.1, 0.15) is 5.01 Å². The summed E-state index contributed by atoms with van der Waals surface area (Å²) in [6, 6.07) is 16.5. The van der Waals surface area contributed by atoms with Crippen molar-refractivity contribution in [2.75, 3.05) is 0 Å². The molecule has 0 amide bonds. The highest BCUT2D eigenvalue weighted by molar-refractivity contribution is 7.13. The maximum absolute atomic E-state index is 12.6. The minimum absolute atomic E-state index is 0.120. The fourth-order valence-electron chi connectivity index (χ4n) is 3.30. The van der Waals surface area contributed by atoms with Crippen molar-refractivity contribution in [1.29, 1.82) is 0 Å². The van der Waals surface area contributed by atoms with E-state index in [1.165, 1.54) is 11.1 Å². The lowest BCUT2D eigenvalue weighted by molar-refractivity contribution is 0.0992. The molecule has 3 nitrogen and oxygen atoms in total. The zero-order valence-electron chi connectivity index (χ0n) is 15.8. The molecule has 4 rings (SSSR count). The van der Waals surface area contributed by atoms with Gasteiger partial charge in [0, 0.05) is 41.5 Å². The van der Waals surface area contributed by atoms with E-state index in [0.717, 1.165) is 32.8 Å². The number of Topliss-reactive ketones (excluding diaryl/α,β-unsaturated/α-hetero) is 1. The lowest BCUT2D eigenvalue weighted by atomic mass is 9.95. The third-order valence-electron chi connectivity index (χ3n) is 4.87. The summed E-state index contributed by atoms with van der Waals surface area (Å²) in [6.45, 7) is 4.03. The molecular formula is C24H20N2OS. The van der Waals surface area contributed by atoms with Crippen LogP contribution in [0.3, 0.4) is 0 Å². The van der Waals surface area contributed by atoms with Crippen LogP contribution >= 0.6 is 11.3 Å². The van der Waals surface area contributed by atoms with Gasteiger partial charge >= 0.3 is 0 Å². The maximum Gasteiger partial charge on any atom is 0.167 e.